The molecule has 1 amide bonds. The highest BCUT2D eigenvalue weighted by Crippen LogP contribution is 2.50. The molecular weight excluding hydrogens is 194 g/mol. The molecule has 5 nitrogen and oxygen atoms in total. The zero-order valence-corrected chi connectivity index (χ0v) is 7.54. The first kappa shape index (κ1) is 8.08. The third-order valence-corrected chi connectivity index (χ3v) is 2.52. The lowest BCUT2D eigenvalue weighted by atomic mass is 10.2. The van der Waals surface area contributed by atoms with E-state index in [4.69, 9.17) is 9.95 Å². The minimum atomic E-state index is -0.489. The van der Waals surface area contributed by atoms with Crippen LogP contribution in [0.25, 0.3) is 21.4 Å². The highest BCUT2D eigenvalue weighted by atomic mass is 16.3. The van der Waals surface area contributed by atoms with Crippen LogP contribution >= 0.6 is 0 Å². The molecule has 1 unspecified atom stereocenters. The largest absolute Gasteiger partial charge is 0.460 e. The van der Waals surface area contributed by atoms with E-state index in [9.17, 15) is 4.79 Å². The second kappa shape index (κ2) is 2.62. The average Bonchev–Trinajstić information content (AvgIpc) is 2.83. The molecule has 15 heavy (non-hydrogen) atoms. The van der Waals surface area contributed by atoms with Crippen molar-refractivity contribution in [2.24, 2.45) is 5.11 Å². The first-order valence-electron chi connectivity index (χ1n) is 4.43. The summed E-state index contributed by atoms with van der Waals surface area (Å²) in [5.74, 6) is -0.290. The molecule has 0 N–H and O–H groups in total. The van der Waals surface area contributed by atoms with Crippen molar-refractivity contribution in [1.82, 2.24) is 0 Å². The van der Waals surface area contributed by atoms with Crippen LogP contribution in [0.2, 0.25) is 0 Å². The molecule has 2 aromatic rings. The van der Waals surface area contributed by atoms with Gasteiger partial charge in [-0.05, 0) is 16.7 Å². The van der Waals surface area contributed by atoms with E-state index in [2.05, 4.69) is 10.0 Å². The van der Waals surface area contributed by atoms with Gasteiger partial charge in [-0.1, -0.05) is 18.2 Å². The summed E-state index contributed by atoms with van der Waals surface area (Å²) in [5.41, 5.74) is 9.78. The Kier molecular flexibility index (Phi) is 1.41. The third-order valence-electron chi connectivity index (χ3n) is 2.52. The number of carbonyl (C=O) groups is 1. The number of para-hydroxylation sites is 1. The van der Waals surface area contributed by atoms with Gasteiger partial charge in [-0.25, -0.2) is 0 Å². The maximum Gasteiger partial charge on any atom is 0.234 e. The van der Waals surface area contributed by atoms with E-state index >= 15 is 0 Å². The number of furan rings is 1. The normalized spacial score (nSPS) is 16.9. The van der Waals surface area contributed by atoms with Crippen molar-refractivity contribution >= 4 is 16.9 Å². The van der Waals surface area contributed by atoms with Gasteiger partial charge in [0.25, 0.3) is 0 Å². The number of hydrogen-bond donors (Lipinski definition) is 0. The van der Waals surface area contributed by atoms with Gasteiger partial charge in [0.1, 0.15) is 17.3 Å². The van der Waals surface area contributed by atoms with Crippen LogP contribution in [0.1, 0.15) is 17.2 Å². The van der Waals surface area contributed by atoms with E-state index in [1.165, 1.54) is 0 Å². The van der Waals surface area contributed by atoms with Gasteiger partial charge in [-0.2, -0.15) is 0 Å². The predicted octanol–water partition coefficient (Wildman–Crippen LogP) is 2.72. The third kappa shape index (κ3) is 0.978. The Morgan fingerprint density at radius 2 is 2.27 bits per heavy atom. The number of carbonyl (C=O) groups excluding carboxylic acids is 1. The number of benzene rings is 1. The molecule has 0 radical (unpaired) electrons. The summed E-state index contributed by atoms with van der Waals surface area (Å²) in [6.07, 6.45) is 0. The monoisotopic (exact) mass is 199 g/mol. The van der Waals surface area contributed by atoms with Gasteiger partial charge in [0, 0.05) is 15.9 Å². The summed E-state index contributed by atoms with van der Waals surface area (Å²) >= 11 is 0. The number of amides is 1. The van der Waals surface area contributed by atoms with Crippen molar-refractivity contribution in [3.05, 3.63) is 46.0 Å². The summed E-state index contributed by atoms with van der Waals surface area (Å²) in [7, 11) is 0. The van der Waals surface area contributed by atoms with Crippen molar-refractivity contribution in [2.75, 3.05) is 0 Å². The molecule has 0 saturated carbocycles. The maximum atomic E-state index is 11.3. The van der Waals surface area contributed by atoms with Gasteiger partial charge in [-0.15, -0.1) is 0 Å². The summed E-state index contributed by atoms with van der Waals surface area (Å²) in [4.78, 5) is 13.8. The van der Waals surface area contributed by atoms with Crippen LogP contribution in [0, 0.1) is 0 Å². The Hall–Kier alpha value is -2.26. The number of fused-ring (bicyclic) bond motifs is 3. The van der Waals surface area contributed by atoms with Crippen LogP contribution in [0.15, 0.2) is 33.8 Å². The summed E-state index contributed by atoms with van der Waals surface area (Å²) in [6.45, 7) is 0. The van der Waals surface area contributed by atoms with Crippen molar-refractivity contribution in [1.29, 1.82) is 0 Å². The Morgan fingerprint density at radius 1 is 1.47 bits per heavy atom. The molecule has 1 aromatic heterocycles. The van der Waals surface area contributed by atoms with Gasteiger partial charge in [0.15, 0.2) is 0 Å². The van der Waals surface area contributed by atoms with Crippen LogP contribution in [0.5, 0.6) is 0 Å². The van der Waals surface area contributed by atoms with E-state index in [1.807, 2.05) is 24.3 Å². The van der Waals surface area contributed by atoms with E-state index in [1.54, 1.807) is 0 Å². The van der Waals surface area contributed by atoms with E-state index in [0.717, 1.165) is 16.5 Å². The fraction of sp³-hybridized carbons (Fsp3) is 0.100. The van der Waals surface area contributed by atoms with E-state index in [-0.39, 0.29) is 0 Å². The van der Waals surface area contributed by atoms with E-state index in [0.29, 0.717) is 5.76 Å². The minimum Gasteiger partial charge on any atom is -0.460 e. The number of rotatable bonds is 1. The highest BCUT2D eigenvalue weighted by Gasteiger charge is 2.45. The highest BCUT2D eigenvalue weighted by molar-refractivity contribution is 6.02. The van der Waals surface area contributed by atoms with Crippen molar-refractivity contribution in [2.45, 2.75) is 5.92 Å². The molecule has 1 aliphatic rings. The topological polar surface area (TPSA) is 79.0 Å². The molecular formula is C10H5N3O2. The van der Waals surface area contributed by atoms with Crippen molar-refractivity contribution < 1.29 is 9.21 Å². The van der Waals surface area contributed by atoms with Crippen LogP contribution in [0.3, 0.4) is 0 Å². The standard InChI is InChI=1S/C10H5N3O2/c11-13-12-10(14)8-7-5-3-1-2-4-6(5)15-9(7)8/h1-4,8H. The van der Waals surface area contributed by atoms with Crippen molar-refractivity contribution in [3.63, 3.8) is 0 Å². The fourth-order valence-corrected chi connectivity index (χ4v) is 1.84. The lowest BCUT2D eigenvalue weighted by Crippen LogP contribution is -1.93. The van der Waals surface area contributed by atoms with Crippen LogP contribution < -0.4 is 0 Å². The second-order valence-corrected chi connectivity index (χ2v) is 3.34. The average molecular weight is 199 g/mol. The Balaban J connectivity index is 2.08. The lowest BCUT2D eigenvalue weighted by Gasteiger charge is -1.92. The predicted molar refractivity (Wildman–Crippen MR) is 52.2 cm³/mol. The summed E-state index contributed by atoms with van der Waals surface area (Å²) in [6, 6.07) is 7.48. The van der Waals surface area contributed by atoms with Gasteiger partial charge >= 0.3 is 0 Å². The minimum absolute atomic E-state index is 0.434. The van der Waals surface area contributed by atoms with Gasteiger partial charge < -0.3 is 4.42 Å². The number of nitrogens with zero attached hydrogens (tertiary/aromatic N) is 3. The van der Waals surface area contributed by atoms with Crippen LogP contribution in [0.4, 0.5) is 0 Å². The molecule has 0 fully saturated rings. The molecule has 5 heteroatoms. The number of azide groups is 1. The molecule has 0 aliphatic heterocycles. The van der Waals surface area contributed by atoms with Crippen molar-refractivity contribution in [3.8, 4) is 0 Å². The van der Waals surface area contributed by atoms with Crippen LogP contribution in [-0.2, 0) is 4.79 Å². The zero-order chi connectivity index (χ0) is 10.4. The Bertz CT molecular complexity index is 623. The molecule has 1 aromatic carbocycles. The smallest absolute Gasteiger partial charge is 0.234 e. The van der Waals surface area contributed by atoms with Gasteiger partial charge in [-0.3, -0.25) is 4.79 Å². The van der Waals surface area contributed by atoms with Crippen LogP contribution in [-0.4, -0.2) is 5.91 Å². The Labute approximate surface area is 83.9 Å². The maximum absolute atomic E-state index is 11.3. The van der Waals surface area contributed by atoms with Gasteiger partial charge in [0.05, 0.1) is 0 Å². The molecule has 0 saturated heterocycles. The summed E-state index contributed by atoms with van der Waals surface area (Å²) < 4.78 is 5.44. The number of hydrogen-bond acceptors (Lipinski definition) is 2. The molecule has 1 aliphatic carbocycles. The lowest BCUT2D eigenvalue weighted by molar-refractivity contribution is -0.117. The molecule has 3 rings (SSSR count). The molecule has 72 valence electrons. The molecule has 1 atom stereocenters. The molecule has 1 heterocycles. The zero-order valence-electron chi connectivity index (χ0n) is 7.54. The summed E-state index contributed by atoms with van der Waals surface area (Å²) in [5, 5.41) is 3.99. The molecule has 0 spiro atoms. The quantitative estimate of drug-likeness (QED) is 0.402. The molecule has 0 bridgehead atoms. The first-order valence-corrected chi connectivity index (χ1v) is 4.43. The second-order valence-electron chi connectivity index (χ2n) is 3.34. The van der Waals surface area contributed by atoms with Gasteiger partial charge in [0.2, 0.25) is 5.91 Å². The SMILES string of the molecule is [N-]=[N+]=NC(=O)C1c2oc3ccccc3c21. The Morgan fingerprint density at radius 3 is 3.07 bits per heavy atom. The first-order chi connectivity index (χ1) is 7.33. The fourth-order valence-electron chi connectivity index (χ4n) is 1.84. The van der Waals surface area contributed by atoms with E-state index < -0.39 is 11.8 Å².